The molecule has 7 heteroatoms. The monoisotopic (exact) mass is 368 g/mol. The largest absolute Gasteiger partial charge is 0.320 e. The van der Waals surface area contributed by atoms with Crippen LogP contribution >= 0.6 is 10.8 Å². The molecule has 2 aromatic carbocycles. The number of rotatable bonds is 5. The fourth-order valence-corrected chi connectivity index (χ4v) is 5.31. The summed E-state index contributed by atoms with van der Waals surface area (Å²) in [5, 5.41) is 2.63. The topological polar surface area (TPSA) is 55.7 Å². The van der Waals surface area contributed by atoms with Crippen LogP contribution in [0.3, 0.4) is 0 Å². The molecule has 0 aromatic heterocycles. The van der Waals surface area contributed by atoms with Crippen molar-refractivity contribution >= 4 is 22.2 Å². The molecule has 136 valence electrons. The van der Waals surface area contributed by atoms with Crippen LogP contribution < -0.4 is 9.62 Å². The third kappa shape index (κ3) is 3.50. The van der Waals surface area contributed by atoms with E-state index in [1.807, 2.05) is 19.2 Å². The first-order valence-electron chi connectivity index (χ1n) is 8.20. The molecule has 4 nitrogen and oxygen atoms in total. The van der Waals surface area contributed by atoms with Crippen molar-refractivity contribution in [3.05, 3.63) is 59.7 Å². The fraction of sp³-hybridized carbons (Fsp3) is 0.333. The fourth-order valence-electron chi connectivity index (χ4n) is 3.22. The van der Waals surface area contributed by atoms with Crippen molar-refractivity contribution in [1.82, 2.24) is 5.32 Å². The second-order valence-corrected chi connectivity index (χ2v) is 8.31. The average molecular weight is 368 g/mol. The molecule has 0 aliphatic carbocycles. The van der Waals surface area contributed by atoms with Crippen LogP contribution in [0.15, 0.2) is 42.5 Å². The van der Waals surface area contributed by atoms with Crippen LogP contribution in [0.25, 0.3) is 0 Å². The van der Waals surface area contributed by atoms with Crippen molar-refractivity contribution < 1.29 is 17.9 Å². The van der Waals surface area contributed by atoms with Crippen molar-refractivity contribution in [2.24, 2.45) is 0 Å². The van der Waals surface area contributed by atoms with E-state index >= 15 is 0 Å². The zero-order chi connectivity index (χ0) is 18.0. The molecular formula is C18H22F2N2O2S. The van der Waals surface area contributed by atoms with Gasteiger partial charge in [0.1, 0.15) is 5.82 Å². The van der Waals surface area contributed by atoms with Gasteiger partial charge in [-0.2, -0.15) is 0 Å². The number of fused-ring (bicyclic) bond motifs is 1. The molecule has 0 bridgehead atoms. The summed E-state index contributed by atoms with van der Waals surface area (Å²) in [6.45, 7) is 0.762. The predicted molar refractivity (Wildman–Crippen MR) is 98.4 cm³/mol. The molecular weight excluding hydrogens is 346 g/mol. The lowest BCUT2D eigenvalue weighted by molar-refractivity contribution is 0.453. The first-order valence-corrected chi connectivity index (χ1v) is 9.76. The molecule has 0 saturated heterocycles. The molecule has 2 aromatic rings. The van der Waals surface area contributed by atoms with E-state index in [4.69, 9.17) is 0 Å². The Bertz CT molecular complexity index is 758. The van der Waals surface area contributed by atoms with E-state index in [-0.39, 0.29) is 5.69 Å². The molecule has 0 amide bonds. The van der Waals surface area contributed by atoms with Gasteiger partial charge in [0.15, 0.2) is 5.82 Å². The highest BCUT2D eigenvalue weighted by molar-refractivity contribution is 8.26. The summed E-state index contributed by atoms with van der Waals surface area (Å²) in [5.41, 5.74) is 1.46. The number of benzene rings is 2. The van der Waals surface area contributed by atoms with E-state index < -0.39 is 27.7 Å². The number of anilines is 2. The van der Waals surface area contributed by atoms with Crippen molar-refractivity contribution in [2.75, 3.05) is 17.9 Å². The molecule has 1 aliphatic heterocycles. The van der Waals surface area contributed by atoms with Gasteiger partial charge in [0.25, 0.3) is 0 Å². The maximum absolute atomic E-state index is 14.4. The quantitative estimate of drug-likeness (QED) is 0.670. The predicted octanol–water partition coefficient (Wildman–Crippen LogP) is 4.69. The number of nitrogens with zero attached hydrogens (tertiary/aromatic N) is 1. The lowest BCUT2D eigenvalue weighted by Crippen LogP contribution is -2.38. The lowest BCUT2D eigenvalue weighted by atomic mass is 10.0. The van der Waals surface area contributed by atoms with E-state index in [0.717, 1.165) is 30.7 Å². The molecule has 0 saturated carbocycles. The van der Waals surface area contributed by atoms with E-state index in [9.17, 15) is 17.9 Å². The Hall–Kier alpha value is -1.67. The zero-order valence-corrected chi connectivity index (χ0v) is 14.8. The molecule has 25 heavy (non-hydrogen) atoms. The summed E-state index contributed by atoms with van der Waals surface area (Å²) < 4.78 is 50.9. The van der Waals surface area contributed by atoms with Gasteiger partial charge in [-0.25, -0.2) is 13.1 Å². The summed E-state index contributed by atoms with van der Waals surface area (Å²) in [6, 6.07) is 10.4. The van der Waals surface area contributed by atoms with Gasteiger partial charge in [-0.05, 0) is 56.6 Å². The molecule has 1 aliphatic rings. The summed E-state index contributed by atoms with van der Waals surface area (Å²) in [4.78, 5) is 0. The van der Waals surface area contributed by atoms with Crippen LogP contribution in [0.4, 0.5) is 20.2 Å². The van der Waals surface area contributed by atoms with Gasteiger partial charge in [-0.1, -0.05) is 18.2 Å². The Balaban J connectivity index is 2.06. The summed E-state index contributed by atoms with van der Waals surface area (Å²) in [5.74, 6) is -1.51. The van der Waals surface area contributed by atoms with Gasteiger partial charge in [-0.3, -0.25) is 9.11 Å². The highest BCUT2D eigenvalue weighted by atomic mass is 32.3. The number of para-hydroxylation sites is 1. The van der Waals surface area contributed by atoms with E-state index in [1.165, 1.54) is 10.4 Å². The van der Waals surface area contributed by atoms with Gasteiger partial charge in [0.2, 0.25) is 0 Å². The Morgan fingerprint density at radius 3 is 2.64 bits per heavy atom. The molecule has 1 heterocycles. The number of nitrogens with one attached hydrogen (secondary N) is 1. The van der Waals surface area contributed by atoms with Crippen LogP contribution in [-0.4, -0.2) is 27.9 Å². The first-order chi connectivity index (χ1) is 11.9. The SMILES string of the molecule is CNCCCC1Cc2ccccc2N(c2ccc(F)cc2F)S1(O)O. The van der Waals surface area contributed by atoms with Crippen molar-refractivity contribution in [2.45, 2.75) is 24.5 Å². The number of hydrogen-bond acceptors (Lipinski definition) is 4. The lowest BCUT2D eigenvalue weighted by Gasteiger charge is -2.53. The van der Waals surface area contributed by atoms with Crippen molar-refractivity contribution in [3.8, 4) is 0 Å². The molecule has 3 rings (SSSR count). The van der Waals surface area contributed by atoms with Crippen molar-refractivity contribution in [3.63, 3.8) is 0 Å². The van der Waals surface area contributed by atoms with Crippen LogP contribution in [0, 0.1) is 11.6 Å². The summed E-state index contributed by atoms with van der Waals surface area (Å²) in [7, 11) is -1.46. The Morgan fingerprint density at radius 1 is 1.16 bits per heavy atom. The third-order valence-corrected chi connectivity index (χ3v) is 6.68. The first kappa shape index (κ1) is 18.1. The second kappa shape index (κ2) is 7.29. The Morgan fingerprint density at radius 2 is 1.92 bits per heavy atom. The van der Waals surface area contributed by atoms with Crippen LogP contribution in [0.2, 0.25) is 0 Å². The maximum atomic E-state index is 14.4. The molecule has 3 N–H and O–H groups in total. The number of hydrogen-bond donors (Lipinski definition) is 3. The molecule has 1 atom stereocenters. The van der Waals surface area contributed by atoms with Gasteiger partial charge < -0.3 is 5.32 Å². The molecule has 0 spiro atoms. The number of halogens is 2. The Kier molecular flexibility index (Phi) is 5.29. The van der Waals surface area contributed by atoms with E-state index in [0.29, 0.717) is 18.5 Å². The standard InChI is InChI=1S/C18H22F2N2O2S/c1-21-10-4-6-15-11-13-5-2-3-7-17(13)22(25(15,23)24)18-9-8-14(19)12-16(18)20/h2-3,5,7-9,12,15,21,23-24H,4,6,10-11H2,1H3. The zero-order valence-electron chi connectivity index (χ0n) is 14.0. The second-order valence-electron chi connectivity index (χ2n) is 6.15. The van der Waals surface area contributed by atoms with Gasteiger partial charge in [-0.15, -0.1) is 10.8 Å². The van der Waals surface area contributed by atoms with Crippen LogP contribution in [0.5, 0.6) is 0 Å². The van der Waals surface area contributed by atoms with E-state index in [1.54, 1.807) is 12.1 Å². The smallest absolute Gasteiger partial charge is 0.151 e. The van der Waals surface area contributed by atoms with Crippen molar-refractivity contribution in [1.29, 1.82) is 0 Å². The van der Waals surface area contributed by atoms with Gasteiger partial charge >= 0.3 is 0 Å². The average Bonchev–Trinajstić information content (AvgIpc) is 2.57. The summed E-state index contributed by atoms with van der Waals surface area (Å²) in [6.07, 6.45) is 1.89. The van der Waals surface area contributed by atoms with Gasteiger partial charge in [0.05, 0.1) is 16.6 Å². The van der Waals surface area contributed by atoms with Gasteiger partial charge in [0, 0.05) is 6.07 Å². The minimum Gasteiger partial charge on any atom is -0.320 e. The van der Waals surface area contributed by atoms with Crippen LogP contribution in [-0.2, 0) is 6.42 Å². The molecule has 0 radical (unpaired) electrons. The minimum absolute atomic E-state index is 0.0211. The van der Waals surface area contributed by atoms with E-state index in [2.05, 4.69) is 5.32 Å². The molecule has 1 unspecified atom stereocenters. The normalized spacial score (nSPS) is 20.2. The maximum Gasteiger partial charge on any atom is 0.151 e. The third-order valence-electron chi connectivity index (χ3n) is 4.46. The molecule has 0 fully saturated rings. The highest BCUT2D eigenvalue weighted by Gasteiger charge is 2.40. The Labute approximate surface area is 148 Å². The summed E-state index contributed by atoms with van der Waals surface area (Å²) >= 11 is 0. The minimum atomic E-state index is -3.30. The highest BCUT2D eigenvalue weighted by Crippen LogP contribution is 2.60. The van der Waals surface area contributed by atoms with Crippen LogP contribution in [0.1, 0.15) is 18.4 Å².